The highest BCUT2D eigenvalue weighted by atomic mass is 16.5. The molecule has 1 aliphatic carbocycles. The van der Waals surface area contributed by atoms with Crippen molar-refractivity contribution >= 4 is 11.6 Å². The first kappa shape index (κ1) is 9.71. The van der Waals surface area contributed by atoms with Crippen LogP contribution in [0.4, 0.5) is 0 Å². The maximum absolute atomic E-state index is 11.2. The molecule has 1 aliphatic rings. The zero-order chi connectivity index (χ0) is 9.84. The molecule has 0 aromatic heterocycles. The molecule has 0 atom stereocenters. The number of carbonyl (C=O) groups is 2. The SMILES string of the molecule is CCOC(CC)=C1C(=O)C=CC1=O. The van der Waals surface area contributed by atoms with Crippen LogP contribution in [0.25, 0.3) is 0 Å². The Kier molecular flexibility index (Phi) is 3.01. The highest BCUT2D eigenvalue weighted by Crippen LogP contribution is 2.17. The van der Waals surface area contributed by atoms with Crippen molar-refractivity contribution < 1.29 is 14.3 Å². The summed E-state index contributed by atoms with van der Waals surface area (Å²) in [4.78, 5) is 22.4. The minimum atomic E-state index is -0.240. The van der Waals surface area contributed by atoms with Gasteiger partial charge in [0.1, 0.15) is 11.3 Å². The first-order valence-corrected chi connectivity index (χ1v) is 4.33. The number of hydrogen-bond acceptors (Lipinski definition) is 3. The van der Waals surface area contributed by atoms with E-state index in [1.165, 1.54) is 12.2 Å². The van der Waals surface area contributed by atoms with Crippen LogP contribution in [0.15, 0.2) is 23.5 Å². The van der Waals surface area contributed by atoms with E-state index < -0.39 is 0 Å². The van der Waals surface area contributed by atoms with Gasteiger partial charge in [0.2, 0.25) is 0 Å². The number of ether oxygens (including phenoxy) is 1. The molecule has 13 heavy (non-hydrogen) atoms. The number of allylic oxidation sites excluding steroid dienone is 4. The van der Waals surface area contributed by atoms with Crippen LogP contribution in [0.2, 0.25) is 0 Å². The van der Waals surface area contributed by atoms with E-state index >= 15 is 0 Å². The van der Waals surface area contributed by atoms with Gasteiger partial charge in [-0.3, -0.25) is 9.59 Å². The van der Waals surface area contributed by atoms with Crippen molar-refractivity contribution in [3.63, 3.8) is 0 Å². The molecule has 70 valence electrons. The van der Waals surface area contributed by atoms with Crippen molar-refractivity contribution in [2.75, 3.05) is 6.61 Å². The maximum atomic E-state index is 11.2. The number of carbonyl (C=O) groups excluding carboxylic acids is 2. The lowest BCUT2D eigenvalue weighted by Gasteiger charge is -2.07. The Morgan fingerprint density at radius 1 is 1.23 bits per heavy atom. The maximum Gasteiger partial charge on any atom is 0.193 e. The topological polar surface area (TPSA) is 43.4 Å². The van der Waals surface area contributed by atoms with E-state index in [-0.39, 0.29) is 17.1 Å². The minimum absolute atomic E-state index is 0.198. The lowest BCUT2D eigenvalue weighted by Crippen LogP contribution is -2.07. The molecule has 3 heteroatoms. The molecule has 0 heterocycles. The third-order valence-corrected chi connectivity index (χ3v) is 1.80. The average Bonchev–Trinajstić information content (AvgIpc) is 2.43. The second kappa shape index (κ2) is 4.03. The smallest absolute Gasteiger partial charge is 0.193 e. The molecule has 0 aromatic rings. The molecule has 0 spiro atoms. The van der Waals surface area contributed by atoms with Crippen molar-refractivity contribution in [1.82, 2.24) is 0 Å². The summed E-state index contributed by atoms with van der Waals surface area (Å²) >= 11 is 0. The highest BCUT2D eigenvalue weighted by molar-refractivity contribution is 6.33. The first-order chi connectivity index (χ1) is 6.20. The van der Waals surface area contributed by atoms with E-state index in [9.17, 15) is 9.59 Å². The highest BCUT2D eigenvalue weighted by Gasteiger charge is 2.24. The van der Waals surface area contributed by atoms with Gasteiger partial charge in [0.25, 0.3) is 0 Å². The van der Waals surface area contributed by atoms with E-state index in [0.717, 1.165) is 0 Å². The summed E-state index contributed by atoms with van der Waals surface area (Å²) in [6.45, 7) is 4.16. The number of hydrogen-bond donors (Lipinski definition) is 0. The fourth-order valence-corrected chi connectivity index (χ4v) is 1.24. The standard InChI is InChI=1S/C10H12O3/c1-3-9(13-4-2)10-7(11)5-6-8(10)12/h5-6H,3-4H2,1-2H3. The molecule has 0 radical (unpaired) electrons. The van der Waals surface area contributed by atoms with Gasteiger partial charge in [-0.15, -0.1) is 0 Å². The molecular weight excluding hydrogens is 168 g/mol. The van der Waals surface area contributed by atoms with Gasteiger partial charge in [-0.25, -0.2) is 0 Å². The van der Waals surface area contributed by atoms with Crippen molar-refractivity contribution in [2.24, 2.45) is 0 Å². The molecule has 0 bridgehead atoms. The van der Waals surface area contributed by atoms with Crippen LogP contribution in [0, 0.1) is 0 Å². The molecule has 0 fully saturated rings. The fraction of sp³-hybridized carbons (Fsp3) is 0.400. The van der Waals surface area contributed by atoms with Crippen molar-refractivity contribution in [3.8, 4) is 0 Å². The number of rotatable bonds is 3. The molecular formula is C10H12O3. The lowest BCUT2D eigenvalue weighted by molar-refractivity contribution is -0.115. The Morgan fingerprint density at radius 3 is 2.15 bits per heavy atom. The monoisotopic (exact) mass is 180 g/mol. The Bertz CT molecular complexity index is 277. The minimum Gasteiger partial charge on any atom is -0.497 e. The molecule has 0 amide bonds. The van der Waals surface area contributed by atoms with Crippen molar-refractivity contribution in [3.05, 3.63) is 23.5 Å². The van der Waals surface area contributed by atoms with E-state index in [2.05, 4.69) is 0 Å². The van der Waals surface area contributed by atoms with Gasteiger partial charge in [-0.2, -0.15) is 0 Å². The second-order valence-electron chi connectivity index (χ2n) is 2.65. The molecule has 0 saturated heterocycles. The summed E-state index contributed by atoms with van der Waals surface area (Å²) < 4.78 is 5.21. The van der Waals surface area contributed by atoms with Crippen molar-refractivity contribution in [2.45, 2.75) is 20.3 Å². The molecule has 0 aromatic carbocycles. The van der Waals surface area contributed by atoms with E-state index in [1.807, 2.05) is 13.8 Å². The van der Waals surface area contributed by atoms with Crippen LogP contribution in [-0.4, -0.2) is 18.2 Å². The second-order valence-corrected chi connectivity index (χ2v) is 2.65. The summed E-state index contributed by atoms with van der Waals surface area (Å²) in [5, 5.41) is 0. The summed E-state index contributed by atoms with van der Waals surface area (Å²) in [6.07, 6.45) is 3.14. The quantitative estimate of drug-likeness (QED) is 0.374. The van der Waals surface area contributed by atoms with Crippen LogP contribution in [-0.2, 0) is 14.3 Å². The predicted molar refractivity (Wildman–Crippen MR) is 48.1 cm³/mol. The fourth-order valence-electron chi connectivity index (χ4n) is 1.24. The summed E-state index contributed by atoms with van der Waals surface area (Å²) in [7, 11) is 0. The van der Waals surface area contributed by atoms with E-state index in [4.69, 9.17) is 4.74 Å². The molecule has 0 N–H and O–H groups in total. The van der Waals surface area contributed by atoms with E-state index in [0.29, 0.717) is 18.8 Å². The van der Waals surface area contributed by atoms with Gasteiger partial charge in [0.05, 0.1) is 6.61 Å². The Hall–Kier alpha value is -1.38. The number of ketones is 2. The van der Waals surface area contributed by atoms with Gasteiger partial charge in [0, 0.05) is 6.42 Å². The molecule has 0 unspecified atom stereocenters. The Labute approximate surface area is 77.1 Å². The van der Waals surface area contributed by atoms with Crippen molar-refractivity contribution in [1.29, 1.82) is 0 Å². The van der Waals surface area contributed by atoms with Gasteiger partial charge < -0.3 is 4.74 Å². The Morgan fingerprint density at radius 2 is 1.77 bits per heavy atom. The van der Waals surface area contributed by atoms with Crippen LogP contribution >= 0.6 is 0 Å². The lowest BCUT2D eigenvalue weighted by atomic mass is 10.1. The van der Waals surface area contributed by atoms with E-state index in [1.54, 1.807) is 0 Å². The molecule has 1 rings (SSSR count). The van der Waals surface area contributed by atoms with Gasteiger partial charge in [0.15, 0.2) is 11.6 Å². The van der Waals surface area contributed by atoms with Crippen LogP contribution < -0.4 is 0 Å². The van der Waals surface area contributed by atoms with Crippen LogP contribution in [0.5, 0.6) is 0 Å². The molecule has 0 saturated carbocycles. The predicted octanol–water partition coefficient (Wildman–Crippen LogP) is 1.40. The van der Waals surface area contributed by atoms with Gasteiger partial charge >= 0.3 is 0 Å². The summed E-state index contributed by atoms with van der Waals surface area (Å²) in [6, 6.07) is 0. The average molecular weight is 180 g/mol. The van der Waals surface area contributed by atoms with Crippen LogP contribution in [0.1, 0.15) is 20.3 Å². The Balaban J connectivity index is 3.00. The summed E-state index contributed by atoms with van der Waals surface area (Å²) in [5.74, 6) is 0.0214. The third-order valence-electron chi connectivity index (χ3n) is 1.80. The van der Waals surface area contributed by atoms with Crippen LogP contribution in [0.3, 0.4) is 0 Å². The largest absolute Gasteiger partial charge is 0.497 e. The zero-order valence-corrected chi connectivity index (χ0v) is 7.79. The van der Waals surface area contributed by atoms with Gasteiger partial charge in [-0.1, -0.05) is 6.92 Å². The summed E-state index contributed by atoms with van der Waals surface area (Å²) in [5.41, 5.74) is 0.198. The zero-order valence-electron chi connectivity index (χ0n) is 7.79. The van der Waals surface area contributed by atoms with Gasteiger partial charge in [-0.05, 0) is 19.1 Å². The third kappa shape index (κ3) is 1.86. The first-order valence-electron chi connectivity index (χ1n) is 4.33. The molecule has 3 nitrogen and oxygen atoms in total. The molecule has 0 aliphatic heterocycles. The normalized spacial score (nSPS) is 15.4.